The molecule has 1 aromatic carbocycles. The molecule has 0 spiro atoms. The zero-order valence-corrected chi connectivity index (χ0v) is 10.3. The molecule has 0 atom stereocenters. The Morgan fingerprint density at radius 2 is 1.81 bits per heavy atom. The number of aromatic amines is 1. The number of aromatic hydroxyl groups is 1. The van der Waals surface area contributed by atoms with Gasteiger partial charge >= 0.3 is 12.1 Å². The van der Waals surface area contributed by atoms with Gasteiger partial charge in [-0.25, -0.2) is 4.68 Å². The van der Waals surface area contributed by atoms with Gasteiger partial charge in [0.15, 0.2) is 0 Å². The highest BCUT2D eigenvalue weighted by Crippen LogP contribution is 2.30. The Kier molecular flexibility index (Phi) is 3.50. The van der Waals surface area contributed by atoms with Crippen LogP contribution >= 0.6 is 0 Å². The number of hydrogen-bond acceptors (Lipinski definition) is 3. The molecule has 0 saturated heterocycles. The third-order valence-corrected chi connectivity index (χ3v) is 2.75. The second-order valence-corrected chi connectivity index (χ2v) is 4.19. The molecule has 0 unspecified atom stereocenters. The van der Waals surface area contributed by atoms with E-state index in [0.717, 1.165) is 28.9 Å². The van der Waals surface area contributed by atoms with Crippen LogP contribution in [0.5, 0.6) is 5.88 Å². The van der Waals surface area contributed by atoms with E-state index in [1.165, 1.54) is 0 Å². The molecule has 112 valence electrons. The molecule has 9 heteroatoms. The van der Waals surface area contributed by atoms with Crippen LogP contribution in [0.25, 0.3) is 5.69 Å². The topological polar surface area (TPSA) is 95.3 Å². The summed E-state index contributed by atoms with van der Waals surface area (Å²) >= 11 is 0. The molecule has 21 heavy (non-hydrogen) atoms. The van der Waals surface area contributed by atoms with Gasteiger partial charge in [-0.3, -0.25) is 14.7 Å². The summed E-state index contributed by atoms with van der Waals surface area (Å²) < 4.78 is 38.1. The molecule has 0 aliphatic heterocycles. The Balaban J connectivity index is 2.44. The number of alkyl halides is 3. The molecule has 0 amide bonds. The van der Waals surface area contributed by atoms with Crippen LogP contribution in [-0.4, -0.2) is 26.0 Å². The standard InChI is InChI=1S/C12H9F3N2O4/c13-12(14,15)6-1-3-7(4-2-6)17-11(21)8(5-9(18)19)10(20)16-17/h1-4,21H,5H2,(H,16,20)(H,18,19). The first kappa shape index (κ1) is 14.7. The van der Waals surface area contributed by atoms with Crippen molar-refractivity contribution in [1.82, 2.24) is 9.78 Å². The minimum atomic E-state index is -4.50. The van der Waals surface area contributed by atoms with E-state index in [-0.39, 0.29) is 11.3 Å². The lowest BCUT2D eigenvalue weighted by Gasteiger charge is -2.08. The van der Waals surface area contributed by atoms with E-state index in [2.05, 4.69) is 5.10 Å². The Labute approximate surface area is 115 Å². The van der Waals surface area contributed by atoms with E-state index in [1.807, 2.05) is 0 Å². The molecular weight excluding hydrogens is 293 g/mol. The number of rotatable bonds is 3. The quantitative estimate of drug-likeness (QED) is 0.801. The molecule has 0 saturated carbocycles. The van der Waals surface area contributed by atoms with Gasteiger partial charge in [0.1, 0.15) is 0 Å². The highest BCUT2D eigenvalue weighted by atomic mass is 19.4. The predicted molar refractivity (Wildman–Crippen MR) is 64.4 cm³/mol. The lowest BCUT2D eigenvalue weighted by molar-refractivity contribution is -0.138. The van der Waals surface area contributed by atoms with Crippen molar-refractivity contribution in [3.05, 3.63) is 45.7 Å². The summed E-state index contributed by atoms with van der Waals surface area (Å²) in [5, 5.41) is 20.6. The van der Waals surface area contributed by atoms with E-state index in [4.69, 9.17) is 5.11 Å². The minimum Gasteiger partial charge on any atom is -0.493 e. The van der Waals surface area contributed by atoms with Crippen molar-refractivity contribution < 1.29 is 28.2 Å². The summed E-state index contributed by atoms with van der Waals surface area (Å²) in [6.07, 6.45) is -5.20. The molecule has 0 bridgehead atoms. The number of carbonyl (C=O) groups is 1. The zero-order valence-electron chi connectivity index (χ0n) is 10.3. The number of benzene rings is 1. The lowest BCUT2D eigenvalue weighted by Crippen LogP contribution is -2.11. The van der Waals surface area contributed by atoms with Crippen molar-refractivity contribution in [3.63, 3.8) is 0 Å². The van der Waals surface area contributed by atoms with Crippen LogP contribution in [0.15, 0.2) is 29.1 Å². The number of carboxylic acid groups (broad SMARTS) is 1. The Morgan fingerprint density at radius 1 is 1.24 bits per heavy atom. The summed E-state index contributed by atoms with van der Waals surface area (Å²) in [4.78, 5) is 22.1. The predicted octanol–water partition coefficient (Wildman–Crippen LogP) is 1.52. The zero-order chi connectivity index (χ0) is 15.8. The number of nitrogens with one attached hydrogen (secondary N) is 1. The van der Waals surface area contributed by atoms with E-state index >= 15 is 0 Å². The van der Waals surface area contributed by atoms with Crippen LogP contribution in [0.4, 0.5) is 13.2 Å². The minimum absolute atomic E-state index is 0.0641. The summed E-state index contributed by atoms with van der Waals surface area (Å²) in [5.74, 6) is -1.97. The highest BCUT2D eigenvalue weighted by molar-refractivity contribution is 5.71. The van der Waals surface area contributed by atoms with Gasteiger partial charge in [-0.1, -0.05) is 0 Å². The summed E-state index contributed by atoms with van der Waals surface area (Å²) in [7, 11) is 0. The average molecular weight is 302 g/mol. The van der Waals surface area contributed by atoms with E-state index in [1.54, 1.807) is 0 Å². The molecule has 0 fully saturated rings. The highest BCUT2D eigenvalue weighted by Gasteiger charge is 2.30. The van der Waals surface area contributed by atoms with Gasteiger partial charge < -0.3 is 10.2 Å². The lowest BCUT2D eigenvalue weighted by atomic mass is 10.2. The average Bonchev–Trinajstić information content (AvgIpc) is 2.65. The summed E-state index contributed by atoms with van der Waals surface area (Å²) in [6.45, 7) is 0. The smallest absolute Gasteiger partial charge is 0.416 e. The van der Waals surface area contributed by atoms with Crippen LogP contribution in [0.1, 0.15) is 11.1 Å². The maximum absolute atomic E-state index is 12.4. The molecular formula is C12H9F3N2O4. The Bertz CT molecular complexity index is 728. The third kappa shape index (κ3) is 2.91. The maximum atomic E-state index is 12.4. The normalized spacial score (nSPS) is 11.6. The molecule has 2 rings (SSSR count). The van der Waals surface area contributed by atoms with Crippen LogP contribution in [0.2, 0.25) is 0 Å². The van der Waals surface area contributed by atoms with E-state index in [9.17, 15) is 27.9 Å². The molecule has 1 aromatic heterocycles. The van der Waals surface area contributed by atoms with Crippen molar-refractivity contribution in [2.24, 2.45) is 0 Å². The van der Waals surface area contributed by atoms with E-state index < -0.39 is 35.6 Å². The first-order valence-corrected chi connectivity index (χ1v) is 5.62. The van der Waals surface area contributed by atoms with Crippen LogP contribution in [0, 0.1) is 0 Å². The van der Waals surface area contributed by atoms with E-state index in [0.29, 0.717) is 0 Å². The molecule has 1 heterocycles. The van der Waals surface area contributed by atoms with Crippen LogP contribution in [-0.2, 0) is 17.4 Å². The summed E-state index contributed by atoms with van der Waals surface area (Å²) in [5.41, 5.74) is -2.02. The first-order chi connectivity index (χ1) is 9.70. The van der Waals surface area contributed by atoms with Gasteiger partial charge in [-0.15, -0.1) is 0 Å². The SMILES string of the molecule is O=C(O)Cc1c(O)n(-c2ccc(C(F)(F)F)cc2)[nH]c1=O. The van der Waals surface area contributed by atoms with Gasteiger partial charge in [0.25, 0.3) is 5.56 Å². The van der Waals surface area contributed by atoms with Crippen molar-refractivity contribution in [1.29, 1.82) is 0 Å². The number of carboxylic acids is 1. The monoisotopic (exact) mass is 302 g/mol. The number of hydrogen-bond donors (Lipinski definition) is 3. The van der Waals surface area contributed by atoms with Gasteiger partial charge in [0.2, 0.25) is 5.88 Å². The maximum Gasteiger partial charge on any atom is 0.416 e. The van der Waals surface area contributed by atoms with Crippen molar-refractivity contribution in [2.45, 2.75) is 12.6 Å². The number of nitrogens with zero attached hydrogens (tertiary/aromatic N) is 1. The van der Waals surface area contributed by atoms with Crippen molar-refractivity contribution >= 4 is 5.97 Å². The van der Waals surface area contributed by atoms with Gasteiger partial charge in [0.05, 0.1) is 23.2 Å². The molecule has 6 nitrogen and oxygen atoms in total. The fourth-order valence-electron chi connectivity index (χ4n) is 1.76. The van der Waals surface area contributed by atoms with Gasteiger partial charge in [0, 0.05) is 0 Å². The fourth-order valence-corrected chi connectivity index (χ4v) is 1.76. The molecule has 0 aliphatic carbocycles. The Morgan fingerprint density at radius 3 is 2.29 bits per heavy atom. The van der Waals surface area contributed by atoms with Gasteiger partial charge in [-0.05, 0) is 24.3 Å². The number of aliphatic carboxylic acids is 1. The first-order valence-electron chi connectivity index (χ1n) is 5.62. The largest absolute Gasteiger partial charge is 0.493 e. The molecule has 2 aromatic rings. The number of aromatic nitrogens is 2. The van der Waals surface area contributed by atoms with Crippen LogP contribution in [0.3, 0.4) is 0 Å². The molecule has 0 aliphatic rings. The molecule has 3 N–H and O–H groups in total. The van der Waals surface area contributed by atoms with Crippen molar-refractivity contribution in [2.75, 3.05) is 0 Å². The summed E-state index contributed by atoms with van der Waals surface area (Å²) in [6, 6.07) is 3.65. The number of halogens is 3. The molecule has 0 radical (unpaired) electrons. The third-order valence-electron chi connectivity index (χ3n) is 2.75. The van der Waals surface area contributed by atoms with Gasteiger partial charge in [-0.2, -0.15) is 13.2 Å². The second kappa shape index (κ2) is 5.00. The second-order valence-electron chi connectivity index (χ2n) is 4.19. The van der Waals surface area contributed by atoms with Crippen LogP contribution < -0.4 is 5.56 Å². The number of H-pyrrole nitrogens is 1. The fraction of sp³-hybridized carbons (Fsp3) is 0.167. The van der Waals surface area contributed by atoms with Crippen molar-refractivity contribution in [3.8, 4) is 11.6 Å². The Hall–Kier alpha value is -2.71.